The van der Waals surface area contributed by atoms with Crippen molar-refractivity contribution in [1.82, 2.24) is 4.90 Å². The largest absolute Gasteiger partial charge is 0.298 e. The van der Waals surface area contributed by atoms with Gasteiger partial charge in [-0.3, -0.25) is 4.90 Å². The lowest BCUT2D eigenvalue weighted by molar-refractivity contribution is 0.102. The quantitative estimate of drug-likeness (QED) is 0.0561. The van der Waals surface area contributed by atoms with Crippen LogP contribution < -0.4 is 0 Å². The fourth-order valence-electron chi connectivity index (χ4n) is 8.80. The molecule has 0 heterocycles. The van der Waals surface area contributed by atoms with Crippen molar-refractivity contribution in [3.05, 3.63) is 0 Å². The molecular weight excluding hydrogens is 639 g/mol. The van der Waals surface area contributed by atoms with Gasteiger partial charge in [0.1, 0.15) is 0 Å². The first kappa shape index (κ1) is 53.0. The molecule has 0 fully saturated rings. The van der Waals surface area contributed by atoms with Gasteiger partial charge in [-0.25, -0.2) is 0 Å². The van der Waals surface area contributed by atoms with Crippen LogP contribution in [0.4, 0.5) is 0 Å². The molecule has 0 atom stereocenters. The summed E-state index contributed by atoms with van der Waals surface area (Å²) in [6.07, 6.45) is 64.1. The summed E-state index contributed by atoms with van der Waals surface area (Å²) < 4.78 is 0. The van der Waals surface area contributed by atoms with Crippen LogP contribution in [-0.2, 0) is 0 Å². The van der Waals surface area contributed by atoms with Crippen molar-refractivity contribution in [3.63, 3.8) is 0 Å². The number of rotatable bonds is 47. The first-order chi connectivity index (χ1) is 26.1. The Balaban J connectivity index is 4.20. The van der Waals surface area contributed by atoms with Crippen LogP contribution in [0.5, 0.6) is 0 Å². The van der Waals surface area contributed by atoms with Gasteiger partial charge in [0.25, 0.3) is 0 Å². The second kappa shape index (κ2) is 44.7. The highest BCUT2D eigenvalue weighted by atomic mass is 15.2. The minimum absolute atomic E-state index is 0.365. The predicted molar refractivity (Wildman–Crippen MR) is 246 cm³/mol. The van der Waals surface area contributed by atoms with Gasteiger partial charge in [-0.05, 0) is 46.2 Å². The lowest BCUT2D eigenvalue weighted by Gasteiger charge is -2.39. The Morgan fingerprint density at radius 3 is 0.604 bits per heavy atom. The van der Waals surface area contributed by atoms with E-state index in [1.807, 2.05) is 0 Å². The molecular formula is C52H107N. The Morgan fingerprint density at radius 1 is 0.226 bits per heavy atom. The summed E-state index contributed by atoms with van der Waals surface area (Å²) in [5, 5.41) is 0. The highest BCUT2D eigenvalue weighted by Gasteiger charge is 2.25. The topological polar surface area (TPSA) is 3.24 Å². The lowest BCUT2D eigenvalue weighted by Crippen LogP contribution is -2.45. The van der Waals surface area contributed by atoms with Crippen LogP contribution in [0, 0.1) is 0 Å². The fraction of sp³-hybridized carbons (Fsp3) is 1.00. The zero-order valence-electron chi connectivity index (χ0n) is 38.5. The molecule has 0 aliphatic rings. The molecule has 0 amide bonds. The van der Waals surface area contributed by atoms with Gasteiger partial charge in [0.05, 0.1) is 0 Å². The molecule has 0 spiro atoms. The molecule has 0 saturated heterocycles. The molecule has 0 aliphatic carbocycles. The maximum absolute atomic E-state index is 2.94. The SMILES string of the molecule is CCCCCCCCCCCCCCCCCN(CCCCCCCCCCCCCCCCC)C(C)(C)CCCCCCCCCCCCCCC. The van der Waals surface area contributed by atoms with Gasteiger partial charge in [0, 0.05) is 5.54 Å². The van der Waals surface area contributed by atoms with Gasteiger partial charge in [0.15, 0.2) is 0 Å². The third kappa shape index (κ3) is 41.4. The van der Waals surface area contributed by atoms with E-state index in [9.17, 15) is 0 Å². The average Bonchev–Trinajstić information content (AvgIpc) is 3.15. The Kier molecular flexibility index (Phi) is 44.6. The molecule has 0 aromatic rings. The summed E-state index contributed by atoms with van der Waals surface area (Å²) in [5.41, 5.74) is 0.365. The summed E-state index contributed by atoms with van der Waals surface area (Å²) in [6.45, 7) is 14.8. The molecule has 0 N–H and O–H groups in total. The molecule has 0 unspecified atom stereocenters. The molecule has 320 valence electrons. The second-order valence-electron chi connectivity index (χ2n) is 18.7. The van der Waals surface area contributed by atoms with E-state index in [0.29, 0.717) is 5.54 Å². The van der Waals surface area contributed by atoms with Crippen molar-refractivity contribution in [2.24, 2.45) is 0 Å². The predicted octanol–water partition coefficient (Wildman–Crippen LogP) is 19.3. The Hall–Kier alpha value is -0.0400. The molecule has 0 aliphatic heterocycles. The van der Waals surface area contributed by atoms with Crippen LogP contribution >= 0.6 is 0 Å². The summed E-state index contributed by atoms with van der Waals surface area (Å²) in [6, 6.07) is 0. The summed E-state index contributed by atoms with van der Waals surface area (Å²) in [5.74, 6) is 0. The van der Waals surface area contributed by atoms with E-state index in [1.165, 1.54) is 296 Å². The summed E-state index contributed by atoms with van der Waals surface area (Å²) in [7, 11) is 0. The molecule has 1 heteroatoms. The lowest BCUT2D eigenvalue weighted by atomic mass is 9.92. The Bertz CT molecular complexity index is 605. The molecule has 0 aromatic carbocycles. The van der Waals surface area contributed by atoms with E-state index in [2.05, 4.69) is 39.5 Å². The smallest absolute Gasteiger partial charge is 0.0153 e. The third-order valence-electron chi connectivity index (χ3n) is 12.8. The summed E-state index contributed by atoms with van der Waals surface area (Å²) >= 11 is 0. The average molecular weight is 746 g/mol. The van der Waals surface area contributed by atoms with Gasteiger partial charge < -0.3 is 0 Å². The van der Waals surface area contributed by atoms with E-state index in [4.69, 9.17) is 0 Å². The minimum atomic E-state index is 0.365. The van der Waals surface area contributed by atoms with E-state index in [0.717, 1.165) is 0 Å². The Morgan fingerprint density at radius 2 is 0.396 bits per heavy atom. The first-order valence-corrected chi connectivity index (χ1v) is 25.8. The van der Waals surface area contributed by atoms with Crippen molar-refractivity contribution >= 4 is 0 Å². The van der Waals surface area contributed by atoms with Gasteiger partial charge in [-0.2, -0.15) is 0 Å². The highest BCUT2D eigenvalue weighted by Crippen LogP contribution is 2.25. The van der Waals surface area contributed by atoms with E-state index in [-0.39, 0.29) is 0 Å². The van der Waals surface area contributed by atoms with Gasteiger partial charge in [-0.15, -0.1) is 0 Å². The number of hydrogen-bond acceptors (Lipinski definition) is 1. The standard InChI is InChI=1S/C52H107N/c1-6-9-12-15-18-21-24-27-29-32-35-38-41-44-47-50-53(51-48-45-42-39-36-33-30-28-25-22-19-16-13-10-7-2)52(4,5)49-46-43-40-37-34-31-26-23-20-17-14-11-8-3/h6-51H2,1-5H3. The number of unbranched alkanes of at least 4 members (excludes halogenated alkanes) is 40. The molecule has 0 saturated carbocycles. The van der Waals surface area contributed by atoms with Crippen molar-refractivity contribution in [3.8, 4) is 0 Å². The minimum Gasteiger partial charge on any atom is -0.298 e. The third-order valence-corrected chi connectivity index (χ3v) is 12.8. The molecule has 53 heavy (non-hydrogen) atoms. The molecule has 0 rings (SSSR count). The van der Waals surface area contributed by atoms with Crippen LogP contribution in [0.15, 0.2) is 0 Å². The number of nitrogens with zero attached hydrogens (tertiary/aromatic N) is 1. The van der Waals surface area contributed by atoms with Crippen molar-refractivity contribution in [1.29, 1.82) is 0 Å². The van der Waals surface area contributed by atoms with Crippen LogP contribution in [0.1, 0.15) is 317 Å². The zero-order valence-corrected chi connectivity index (χ0v) is 38.5. The van der Waals surface area contributed by atoms with Crippen molar-refractivity contribution in [2.75, 3.05) is 13.1 Å². The van der Waals surface area contributed by atoms with E-state index in [1.54, 1.807) is 0 Å². The normalized spacial score (nSPS) is 12.1. The molecule has 0 radical (unpaired) electrons. The molecule has 1 nitrogen and oxygen atoms in total. The highest BCUT2D eigenvalue weighted by molar-refractivity contribution is 4.82. The maximum Gasteiger partial charge on any atom is 0.0153 e. The van der Waals surface area contributed by atoms with Crippen LogP contribution in [0.25, 0.3) is 0 Å². The van der Waals surface area contributed by atoms with Gasteiger partial charge in [-0.1, -0.05) is 284 Å². The monoisotopic (exact) mass is 746 g/mol. The Labute approximate surface area is 339 Å². The maximum atomic E-state index is 2.94. The molecule has 0 bridgehead atoms. The molecule has 0 aromatic heterocycles. The van der Waals surface area contributed by atoms with Gasteiger partial charge >= 0.3 is 0 Å². The first-order valence-electron chi connectivity index (χ1n) is 25.8. The van der Waals surface area contributed by atoms with Crippen LogP contribution in [0.2, 0.25) is 0 Å². The summed E-state index contributed by atoms with van der Waals surface area (Å²) in [4.78, 5) is 2.94. The fourth-order valence-corrected chi connectivity index (χ4v) is 8.80. The number of hydrogen-bond donors (Lipinski definition) is 0. The van der Waals surface area contributed by atoms with Crippen molar-refractivity contribution in [2.45, 2.75) is 323 Å². The van der Waals surface area contributed by atoms with E-state index < -0.39 is 0 Å². The van der Waals surface area contributed by atoms with Crippen LogP contribution in [-0.4, -0.2) is 23.5 Å². The van der Waals surface area contributed by atoms with Crippen LogP contribution in [0.3, 0.4) is 0 Å². The second-order valence-corrected chi connectivity index (χ2v) is 18.7. The van der Waals surface area contributed by atoms with E-state index >= 15 is 0 Å². The van der Waals surface area contributed by atoms with Gasteiger partial charge in [0.2, 0.25) is 0 Å². The zero-order chi connectivity index (χ0) is 38.6. The van der Waals surface area contributed by atoms with Crippen molar-refractivity contribution < 1.29 is 0 Å².